The summed E-state index contributed by atoms with van der Waals surface area (Å²) in [6.45, 7) is 2.91. The van der Waals surface area contributed by atoms with Crippen molar-refractivity contribution in [3.8, 4) is 6.07 Å². The van der Waals surface area contributed by atoms with Gasteiger partial charge in [-0.3, -0.25) is 0 Å². The summed E-state index contributed by atoms with van der Waals surface area (Å²) in [5.41, 5.74) is 1.60. The summed E-state index contributed by atoms with van der Waals surface area (Å²) in [5.74, 6) is 0. The van der Waals surface area contributed by atoms with E-state index in [4.69, 9.17) is 0 Å². The highest BCUT2D eigenvalue weighted by Gasteiger charge is 2.35. The van der Waals surface area contributed by atoms with E-state index < -0.39 is 0 Å². The first-order chi connectivity index (χ1) is 9.20. The molecule has 98 valence electrons. The molecule has 2 heterocycles. The fraction of sp³-hybridized carbons (Fsp3) is 0.385. The number of piperazine rings is 1. The van der Waals surface area contributed by atoms with Gasteiger partial charge in [-0.1, -0.05) is 6.07 Å². The molecule has 2 aliphatic rings. The molecule has 5 nitrogen and oxygen atoms in total. The zero-order valence-electron chi connectivity index (χ0n) is 10.3. The van der Waals surface area contributed by atoms with E-state index in [0.29, 0.717) is 18.7 Å². The highest BCUT2D eigenvalue weighted by Crippen LogP contribution is 2.29. The van der Waals surface area contributed by atoms with Gasteiger partial charge >= 0.3 is 6.03 Å². The standard InChI is InChI=1S/C13H13BrN4O/c14-11-2-1-3-12(10(11)6-15)17-4-5-18-9(8-17)7-16-13(18)19/h1-3,9H,4-5,7-8H2,(H,16,19). The number of anilines is 1. The van der Waals surface area contributed by atoms with Crippen LogP contribution in [0.5, 0.6) is 0 Å². The molecule has 2 amide bonds. The summed E-state index contributed by atoms with van der Waals surface area (Å²) in [5, 5.41) is 12.1. The monoisotopic (exact) mass is 320 g/mol. The van der Waals surface area contributed by atoms with Crippen LogP contribution in [-0.4, -0.2) is 43.2 Å². The lowest BCUT2D eigenvalue weighted by Crippen LogP contribution is -2.52. The number of hydrogen-bond donors (Lipinski definition) is 1. The van der Waals surface area contributed by atoms with Gasteiger partial charge in [0.25, 0.3) is 0 Å². The van der Waals surface area contributed by atoms with Gasteiger partial charge in [-0.15, -0.1) is 0 Å². The van der Waals surface area contributed by atoms with Crippen LogP contribution < -0.4 is 10.2 Å². The Kier molecular flexibility index (Phi) is 3.07. The molecule has 0 bridgehead atoms. The van der Waals surface area contributed by atoms with E-state index in [1.54, 1.807) is 0 Å². The van der Waals surface area contributed by atoms with E-state index in [1.807, 2.05) is 23.1 Å². The Morgan fingerprint density at radius 1 is 1.42 bits per heavy atom. The summed E-state index contributed by atoms with van der Waals surface area (Å²) in [6, 6.07) is 8.24. The molecule has 1 unspecified atom stereocenters. The predicted octanol–water partition coefficient (Wildman–Crippen LogP) is 1.53. The largest absolute Gasteiger partial charge is 0.367 e. The lowest BCUT2D eigenvalue weighted by atomic mass is 10.1. The van der Waals surface area contributed by atoms with Gasteiger partial charge in [0.15, 0.2) is 0 Å². The van der Waals surface area contributed by atoms with Gasteiger partial charge in [0.2, 0.25) is 0 Å². The molecule has 1 aromatic carbocycles. The van der Waals surface area contributed by atoms with Gasteiger partial charge in [-0.25, -0.2) is 4.79 Å². The number of benzene rings is 1. The van der Waals surface area contributed by atoms with Crippen molar-refractivity contribution in [2.75, 3.05) is 31.1 Å². The van der Waals surface area contributed by atoms with Crippen molar-refractivity contribution in [1.29, 1.82) is 5.26 Å². The first kappa shape index (κ1) is 12.3. The predicted molar refractivity (Wildman–Crippen MR) is 75.0 cm³/mol. The Balaban J connectivity index is 1.87. The van der Waals surface area contributed by atoms with Crippen molar-refractivity contribution in [2.45, 2.75) is 6.04 Å². The van der Waals surface area contributed by atoms with E-state index in [1.165, 1.54) is 0 Å². The third kappa shape index (κ3) is 2.04. The van der Waals surface area contributed by atoms with Crippen LogP contribution in [0, 0.1) is 11.3 Å². The third-order valence-electron chi connectivity index (χ3n) is 3.68. The Labute approximate surface area is 119 Å². The number of amides is 2. The Morgan fingerprint density at radius 3 is 3.05 bits per heavy atom. The fourth-order valence-electron chi connectivity index (χ4n) is 2.71. The lowest BCUT2D eigenvalue weighted by molar-refractivity contribution is 0.197. The Morgan fingerprint density at radius 2 is 2.26 bits per heavy atom. The van der Waals surface area contributed by atoms with Crippen LogP contribution in [0.3, 0.4) is 0 Å². The van der Waals surface area contributed by atoms with Crippen LogP contribution in [0.4, 0.5) is 10.5 Å². The minimum atomic E-state index is 0.0272. The SMILES string of the molecule is N#Cc1c(Br)cccc1N1CCN2C(=O)NCC2C1. The molecule has 0 spiro atoms. The number of rotatable bonds is 1. The molecule has 0 radical (unpaired) electrons. The van der Waals surface area contributed by atoms with Crippen LogP contribution in [0.2, 0.25) is 0 Å². The molecule has 2 fully saturated rings. The second kappa shape index (κ2) is 4.74. The van der Waals surface area contributed by atoms with E-state index in [-0.39, 0.29) is 12.1 Å². The van der Waals surface area contributed by atoms with E-state index in [2.05, 4.69) is 32.2 Å². The number of fused-ring (bicyclic) bond motifs is 1. The maximum atomic E-state index is 11.6. The van der Waals surface area contributed by atoms with Crippen molar-refractivity contribution in [3.63, 3.8) is 0 Å². The Bertz CT molecular complexity index is 568. The number of urea groups is 1. The van der Waals surface area contributed by atoms with Crippen molar-refractivity contribution in [3.05, 3.63) is 28.2 Å². The number of carbonyl (C=O) groups excluding carboxylic acids is 1. The molecule has 19 heavy (non-hydrogen) atoms. The summed E-state index contributed by atoms with van der Waals surface area (Å²) < 4.78 is 0.815. The van der Waals surface area contributed by atoms with Crippen molar-refractivity contribution in [1.82, 2.24) is 10.2 Å². The zero-order valence-corrected chi connectivity index (χ0v) is 11.9. The highest BCUT2D eigenvalue weighted by molar-refractivity contribution is 9.10. The van der Waals surface area contributed by atoms with Crippen molar-refractivity contribution < 1.29 is 4.79 Å². The molecule has 0 aliphatic carbocycles. The van der Waals surface area contributed by atoms with Gasteiger partial charge in [-0.05, 0) is 28.1 Å². The molecule has 0 saturated carbocycles. The van der Waals surface area contributed by atoms with E-state index in [9.17, 15) is 10.1 Å². The normalized spacial score (nSPS) is 21.9. The molecule has 1 N–H and O–H groups in total. The smallest absolute Gasteiger partial charge is 0.317 e. The summed E-state index contributed by atoms with van der Waals surface area (Å²) in [4.78, 5) is 15.6. The van der Waals surface area contributed by atoms with Gasteiger partial charge in [0, 0.05) is 30.7 Å². The second-order valence-corrected chi connectivity index (χ2v) is 5.58. The topological polar surface area (TPSA) is 59.4 Å². The quantitative estimate of drug-likeness (QED) is 0.853. The van der Waals surface area contributed by atoms with Crippen LogP contribution in [0.15, 0.2) is 22.7 Å². The maximum absolute atomic E-state index is 11.6. The third-order valence-corrected chi connectivity index (χ3v) is 4.34. The van der Waals surface area contributed by atoms with Crippen molar-refractivity contribution >= 4 is 27.6 Å². The first-order valence-corrected chi connectivity index (χ1v) is 6.98. The minimum absolute atomic E-state index is 0.0272. The highest BCUT2D eigenvalue weighted by atomic mass is 79.9. The zero-order chi connectivity index (χ0) is 13.4. The summed E-state index contributed by atoms with van der Waals surface area (Å²) in [7, 11) is 0. The molecule has 6 heteroatoms. The summed E-state index contributed by atoms with van der Waals surface area (Å²) >= 11 is 3.41. The molecule has 1 aromatic rings. The first-order valence-electron chi connectivity index (χ1n) is 6.18. The molecule has 2 saturated heterocycles. The average molecular weight is 321 g/mol. The van der Waals surface area contributed by atoms with Gasteiger partial charge in [-0.2, -0.15) is 5.26 Å². The average Bonchev–Trinajstić information content (AvgIpc) is 2.79. The number of carbonyl (C=O) groups is 1. The van der Waals surface area contributed by atoms with Crippen LogP contribution >= 0.6 is 15.9 Å². The second-order valence-electron chi connectivity index (χ2n) is 4.73. The Hall–Kier alpha value is -1.74. The van der Waals surface area contributed by atoms with Gasteiger partial charge in [0.1, 0.15) is 6.07 Å². The molecular weight excluding hydrogens is 308 g/mol. The molecule has 1 atom stereocenters. The van der Waals surface area contributed by atoms with E-state index in [0.717, 1.165) is 23.2 Å². The summed E-state index contributed by atoms with van der Waals surface area (Å²) in [6.07, 6.45) is 0. The maximum Gasteiger partial charge on any atom is 0.317 e. The molecule has 3 rings (SSSR count). The van der Waals surface area contributed by atoms with Gasteiger partial charge < -0.3 is 15.1 Å². The van der Waals surface area contributed by atoms with E-state index >= 15 is 0 Å². The fourth-order valence-corrected chi connectivity index (χ4v) is 3.15. The van der Waals surface area contributed by atoms with Crippen LogP contribution in [-0.2, 0) is 0 Å². The molecular formula is C13H13BrN4O. The van der Waals surface area contributed by atoms with Gasteiger partial charge in [0.05, 0.1) is 17.3 Å². The number of nitriles is 1. The number of nitrogens with zero attached hydrogens (tertiary/aromatic N) is 3. The number of halogens is 1. The lowest BCUT2D eigenvalue weighted by Gasteiger charge is -2.38. The number of nitrogens with one attached hydrogen (secondary N) is 1. The molecule has 2 aliphatic heterocycles. The minimum Gasteiger partial charge on any atom is -0.367 e. The van der Waals surface area contributed by atoms with Crippen LogP contribution in [0.25, 0.3) is 0 Å². The number of hydrogen-bond acceptors (Lipinski definition) is 3. The van der Waals surface area contributed by atoms with Crippen molar-refractivity contribution in [2.24, 2.45) is 0 Å². The van der Waals surface area contributed by atoms with Crippen LogP contribution in [0.1, 0.15) is 5.56 Å². The molecule has 0 aromatic heterocycles.